The normalized spacial score (nSPS) is 23.9. The SMILES string of the molecule is CCOC(=O)C1CN(C(=O)OC(C)(C)C)CC2(CNC2)C1=O. The number of hydrogen-bond acceptors (Lipinski definition) is 6. The Morgan fingerprint density at radius 2 is 2.00 bits per heavy atom. The van der Waals surface area contributed by atoms with Crippen LogP contribution in [0.25, 0.3) is 0 Å². The highest BCUT2D eigenvalue weighted by molar-refractivity contribution is 6.04. The molecule has 2 fully saturated rings. The van der Waals surface area contributed by atoms with Crippen LogP contribution >= 0.6 is 0 Å². The molecule has 0 aromatic heterocycles. The van der Waals surface area contributed by atoms with E-state index in [1.54, 1.807) is 27.7 Å². The molecule has 2 heterocycles. The average molecular weight is 312 g/mol. The number of nitrogens with one attached hydrogen (secondary N) is 1. The summed E-state index contributed by atoms with van der Waals surface area (Å²) >= 11 is 0. The zero-order chi connectivity index (χ0) is 16.5. The fourth-order valence-electron chi connectivity index (χ4n) is 2.78. The van der Waals surface area contributed by atoms with E-state index in [4.69, 9.17) is 9.47 Å². The van der Waals surface area contributed by atoms with Crippen molar-refractivity contribution >= 4 is 17.8 Å². The predicted molar refractivity (Wildman–Crippen MR) is 78.2 cm³/mol. The maximum Gasteiger partial charge on any atom is 0.410 e. The first kappa shape index (κ1) is 16.7. The molecule has 1 spiro atoms. The third-order valence-corrected chi connectivity index (χ3v) is 3.89. The molecule has 0 bridgehead atoms. The van der Waals surface area contributed by atoms with Gasteiger partial charge in [-0.3, -0.25) is 9.59 Å². The summed E-state index contributed by atoms with van der Waals surface area (Å²) in [4.78, 5) is 38.4. The predicted octanol–water partition coefficient (Wildman–Crippen LogP) is 0.575. The zero-order valence-corrected chi connectivity index (χ0v) is 13.6. The van der Waals surface area contributed by atoms with Crippen LogP contribution in [0.3, 0.4) is 0 Å². The molecule has 2 rings (SSSR count). The molecule has 1 unspecified atom stereocenters. The Hall–Kier alpha value is -1.63. The van der Waals surface area contributed by atoms with Gasteiger partial charge in [0.15, 0.2) is 5.78 Å². The number of amides is 1. The fourth-order valence-corrected chi connectivity index (χ4v) is 2.78. The van der Waals surface area contributed by atoms with E-state index >= 15 is 0 Å². The van der Waals surface area contributed by atoms with Gasteiger partial charge in [-0.25, -0.2) is 4.79 Å². The Bertz CT molecular complexity index is 479. The largest absolute Gasteiger partial charge is 0.465 e. The number of likely N-dealkylation sites (tertiary alicyclic amines) is 1. The van der Waals surface area contributed by atoms with Crippen molar-refractivity contribution in [3.63, 3.8) is 0 Å². The monoisotopic (exact) mass is 312 g/mol. The van der Waals surface area contributed by atoms with Gasteiger partial charge in [0.1, 0.15) is 11.5 Å². The molecule has 22 heavy (non-hydrogen) atoms. The summed E-state index contributed by atoms with van der Waals surface area (Å²) in [7, 11) is 0. The number of carbonyl (C=O) groups excluding carboxylic acids is 3. The zero-order valence-electron chi connectivity index (χ0n) is 13.6. The number of Topliss-reactive ketones (excluding diaryl/α,β-unsaturated/α-hetero) is 1. The highest BCUT2D eigenvalue weighted by atomic mass is 16.6. The maximum atomic E-state index is 12.6. The number of hydrogen-bond donors (Lipinski definition) is 1. The molecule has 1 atom stereocenters. The standard InChI is InChI=1S/C15H24N2O5/c1-5-21-12(19)10-6-17(13(20)22-14(2,3)4)9-15(11(10)18)7-16-8-15/h10,16H,5-9H2,1-4H3. The molecule has 7 nitrogen and oxygen atoms in total. The lowest BCUT2D eigenvalue weighted by molar-refractivity contribution is -0.160. The summed E-state index contributed by atoms with van der Waals surface area (Å²) in [5.74, 6) is -1.63. The summed E-state index contributed by atoms with van der Waals surface area (Å²) in [5, 5.41) is 3.05. The second kappa shape index (κ2) is 5.87. The van der Waals surface area contributed by atoms with Crippen molar-refractivity contribution in [2.24, 2.45) is 11.3 Å². The molecule has 0 aromatic rings. The van der Waals surface area contributed by atoms with Crippen molar-refractivity contribution in [2.75, 3.05) is 32.8 Å². The van der Waals surface area contributed by atoms with E-state index in [1.165, 1.54) is 4.90 Å². The molecule has 1 N–H and O–H groups in total. The molecule has 0 aliphatic carbocycles. The average Bonchev–Trinajstić information content (AvgIpc) is 2.35. The fraction of sp³-hybridized carbons (Fsp3) is 0.800. The lowest BCUT2D eigenvalue weighted by Gasteiger charge is -2.49. The van der Waals surface area contributed by atoms with Crippen molar-refractivity contribution in [2.45, 2.75) is 33.3 Å². The van der Waals surface area contributed by atoms with Crippen LogP contribution in [0.15, 0.2) is 0 Å². The second-order valence-corrected chi connectivity index (χ2v) is 6.91. The van der Waals surface area contributed by atoms with Crippen LogP contribution < -0.4 is 5.32 Å². The van der Waals surface area contributed by atoms with Gasteiger partial charge in [-0.1, -0.05) is 0 Å². The van der Waals surface area contributed by atoms with Gasteiger partial charge in [0.2, 0.25) is 0 Å². The highest BCUT2D eigenvalue weighted by Gasteiger charge is 2.55. The lowest BCUT2D eigenvalue weighted by atomic mass is 9.70. The summed E-state index contributed by atoms with van der Waals surface area (Å²) < 4.78 is 10.3. The number of nitrogens with zero attached hydrogens (tertiary/aromatic N) is 1. The maximum absolute atomic E-state index is 12.6. The van der Waals surface area contributed by atoms with Gasteiger partial charge in [-0.15, -0.1) is 0 Å². The van der Waals surface area contributed by atoms with Gasteiger partial charge >= 0.3 is 12.1 Å². The molecular formula is C15H24N2O5. The number of rotatable bonds is 2. The Labute approximate surface area is 130 Å². The van der Waals surface area contributed by atoms with E-state index in [1.807, 2.05) is 0 Å². The van der Waals surface area contributed by atoms with E-state index in [-0.39, 0.29) is 25.5 Å². The Balaban J connectivity index is 2.17. The molecule has 1 amide bonds. The summed E-state index contributed by atoms with van der Waals surface area (Å²) in [6.07, 6.45) is -0.499. The van der Waals surface area contributed by atoms with E-state index in [2.05, 4.69) is 5.32 Å². The topological polar surface area (TPSA) is 84.9 Å². The number of ether oxygens (including phenoxy) is 2. The quantitative estimate of drug-likeness (QED) is 0.593. The molecule has 2 aliphatic rings. The number of carbonyl (C=O) groups is 3. The van der Waals surface area contributed by atoms with Crippen molar-refractivity contribution in [3.8, 4) is 0 Å². The van der Waals surface area contributed by atoms with E-state index in [0.29, 0.717) is 13.1 Å². The highest BCUT2D eigenvalue weighted by Crippen LogP contribution is 2.34. The molecule has 0 aromatic carbocycles. The second-order valence-electron chi connectivity index (χ2n) is 6.91. The van der Waals surface area contributed by atoms with Gasteiger partial charge < -0.3 is 19.7 Å². The summed E-state index contributed by atoms with van der Waals surface area (Å²) in [5.41, 5.74) is -1.31. The number of esters is 1. The van der Waals surface area contributed by atoms with Crippen molar-refractivity contribution in [1.82, 2.24) is 10.2 Å². The Morgan fingerprint density at radius 3 is 2.45 bits per heavy atom. The van der Waals surface area contributed by atoms with Crippen LogP contribution in [-0.2, 0) is 19.1 Å². The molecule has 0 radical (unpaired) electrons. The van der Waals surface area contributed by atoms with Crippen LogP contribution in [0.2, 0.25) is 0 Å². The Kier molecular flexibility index (Phi) is 4.47. The first-order chi connectivity index (χ1) is 10.2. The molecule has 7 heteroatoms. The minimum absolute atomic E-state index is 0.0222. The van der Waals surface area contributed by atoms with Gasteiger partial charge in [-0.05, 0) is 27.7 Å². The van der Waals surface area contributed by atoms with Crippen LogP contribution in [0.5, 0.6) is 0 Å². The van der Waals surface area contributed by atoms with Crippen LogP contribution in [-0.4, -0.2) is 61.1 Å². The first-order valence-corrected chi connectivity index (χ1v) is 7.58. The summed E-state index contributed by atoms with van der Waals surface area (Å²) in [6.45, 7) is 8.49. The van der Waals surface area contributed by atoms with Crippen molar-refractivity contribution in [1.29, 1.82) is 0 Å². The smallest absolute Gasteiger partial charge is 0.410 e. The third kappa shape index (κ3) is 3.24. The first-order valence-electron chi connectivity index (χ1n) is 7.58. The van der Waals surface area contributed by atoms with Gasteiger partial charge in [0.05, 0.1) is 12.0 Å². The van der Waals surface area contributed by atoms with Crippen LogP contribution in [0, 0.1) is 11.3 Å². The molecular weight excluding hydrogens is 288 g/mol. The van der Waals surface area contributed by atoms with E-state index in [9.17, 15) is 14.4 Å². The van der Waals surface area contributed by atoms with Gasteiger partial charge in [0.25, 0.3) is 0 Å². The summed E-state index contributed by atoms with van der Waals surface area (Å²) in [6, 6.07) is 0. The minimum atomic E-state index is -0.927. The third-order valence-electron chi connectivity index (χ3n) is 3.89. The lowest BCUT2D eigenvalue weighted by Crippen LogP contribution is -2.69. The van der Waals surface area contributed by atoms with E-state index in [0.717, 1.165) is 0 Å². The molecule has 124 valence electrons. The molecule has 0 saturated carbocycles. The van der Waals surface area contributed by atoms with Crippen LogP contribution in [0.4, 0.5) is 4.79 Å². The molecule has 2 saturated heterocycles. The number of piperidine rings is 1. The van der Waals surface area contributed by atoms with Crippen molar-refractivity contribution in [3.05, 3.63) is 0 Å². The van der Waals surface area contributed by atoms with Crippen LogP contribution in [0.1, 0.15) is 27.7 Å². The van der Waals surface area contributed by atoms with Gasteiger partial charge in [0, 0.05) is 26.2 Å². The van der Waals surface area contributed by atoms with Crippen molar-refractivity contribution < 1.29 is 23.9 Å². The van der Waals surface area contributed by atoms with Gasteiger partial charge in [-0.2, -0.15) is 0 Å². The molecule has 2 aliphatic heterocycles. The van der Waals surface area contributed by atoms with E-state index < -0.39 is 29.0 Å². The Morgan fingerprint density at radius 1 is 1.36 bits per heavy atom. The minimum Gasteiger partial charge on any atom is -0.465 e. The number of ketones is 1.